The number of nitrogens with zero attached hydrogens (tertiary/aromatic N) is 1. The average molecular weight is 344 g/mol. The summed E-state index contributed by atoms with van der Waals surface area (Å²) >= 11 is 1.47. The zero-order valence-electron chi connectivity index (χ0n) is 14.0. The van der Waals surface area contributed by atoms with Crippen LogP contribution in [0.1, 0.15) is 41.9 Å². The standard InChI is InChI=1S/C18H20N2O3S/c1-8(2)13-11-4-5-12(13)15-14(11)17(22)20(18(15)23)19-16(21)10-6-9(3)24-7-10/h6-7,11-12,14-15H,4-5H2,1-3H3,(H,19,21)/t11-,12+,14+,15-. The van der Waals surface area contributed by atoms with Crippen molar-refractivity contribution in [2.75, 3.05) is 0 Å². The summed E-state index contributed by atoms with van der Waals surface area (Å²) in [5.41, 5.74) is 5.57. The van der Waals surface area contributed by atoms with E-state index in [1.54, 1.807) is 11.4 Å². The summed E-state index contributed by atoms with van der Waals surface area (Å²) in [6.45, 7) is 6.04. The van der Waals surface area contributed by atoms with E-state index in [1.807, 2.05) is 6.92 Å². The molecule has 3 fully saturated rings. The summed E-state index contributed by atoms with van der Waals surface area (Å²) in [6, 6.07) is 1.76. The fraction of sp³-hybridized carbons (Fsp3) is 0.500. The van der Waals surface area contributed by atoms with Gasteiger partial charge in [-0.3, -0.25) is 19.8 Å². The number of hydrazine groups is 1. The molecule has 2 saturated carbocycles. The zero-order chi connectivity index (χ0) is 17.2. The highest BCUT2D eigenvalue weighted by Gasteiger charge is 2.63. The third kappa shape index (κ3) is 2.02. The van der Waals surface area contributed by atoms with Gasteiger partial charge >= 0.3 is 0 Å². The first-order valence-electron chi connectivity index (χ1n) is 8.31. The first-order chi connectivity index (χ1) is 11.4. The molecular formula is C18H20N2O3S. The average Bonchev–Trinajstić information content (AvgIpc) is 3.26. The fourth-order valence-electron chi connectivity index (χ4n) is 4.83. The Morgan fingerprint density at radius 2 is 1.75 bits per heavy atom. The summed E-state index contributed by atoms with van der Waals surface area (Å²) < 4.78 is 0. The third-order valence-corrected chi connectivity index (χ3v) is 6.50. The van der Waals surface area contributed by atoms with Crippen molar-refractivity contribution in [3.63, 3.8) is 0 Å². The van der Waals surface area contributed by atoms with Crippen LogP contribution in [0, 0.1) is 30.6 Å². The molecule has 1 aromatic rings. The molecule has 0 unspecified atom stereocenters. The van der Waals surface area contributed by atoms with Gasteiger partial charge in [-0.05, 0) is 51.5 Å². The van der Waals surface area contributed by atoms with Gasteiger partial charge in [0.15, 0.2) is 0 Å². The number of amides is 3. The molecule has 0 spiro atoms. The maximum absolute atomic E-state index is 12.8. The Bertz CT molecular complexity index is 758. The number of aryl methyl sites for hydroxylation is 1. The number of rotatable bonds is 2. The highest BCUT2D eigenvalue weighted by Crippen LogP contribution is 2.59. The summed E-state index contributed by atoms with van der Waals surface area (Å²) in [4.78, 5) is 38.9. The predicted molar refractivity (Wildman–Crippen MR) is 89.9 cm³/mol. The fourth-order valence-corrected chi connectivity index (χ4v) is 5.51. The number of hydrogen-bond acceptors (Lipinski definition) is 4. The molecule has 3 aliphatic rings. The molecule has 4 rings (SSSR count). The zero-order valence-corrected chi connectivity index (χ0v) is 14.8. The second-order valence-corrected chi connectivity index (χ2v) is 8.31. The second-order valence-electron chi connectivity index (χ2n) is 7.20. The van der Waals surface area contributed by atoms with Crippen LogP contribution in [0.2, 0.25) is 0 Å². The number of thiophene rings is 1. The Balaban J connectivity index is 1.59. The predicted octanol–water partition coefficient (Wildman–Crippen LogP) is 2.68. The molecule has 1 aromatic heterocycles. The molecule has 2 heterocycles. The second kappa shape index (κ2) is 5.28. The van der Waals surface area contributed by atoms with E-state index in [4.69, 9.17) is 0 Å². The molecule has 4 atom stereocenters. The van der Waals surface area contributed by atoms with Crippen molar-refractivity contribution in [1.29, 1.82) is 0 Å². The lowest BCUT2D eigenvalue weighted by atomic mass is 9.81. The Hall–Kier alpha value is -1.95. The molecular weight excluding hydrogens is 324 g/mol. The summed E-state index contributed by atoms with van der Waals surface area (Å²) in [7, 11) is 0. The minimum atomic E-state index is -0.393. The number of carbonyl (C=O) groups excluding carboxylic acids is 3. The van der Waals surface area contributed by atoms with Crippen LogP contribution in [0.5, 0.6) is 0 Å². The number of nitrogens with one attached hydrogen (secondary N) is 1. The monoisotopic (exact) mass is 344 g/mol. The highest BCUT2D eigenvalue weighted by molar-refractivity contribution is 7.10. The number of imide groups is 1. The summed E-state index contributed by atoms with van der Waals surface area (Å²) in [6.07, 6.45) is 1.94. The Morgan fingerprint density at radius 1 is 1.17 bits per heavy atom. The molecule has 1 aliphatic heterocycles. The van der Waals surface area contributed by atoms with Crippen LogP contribution in [0.4, 0.5) is 0 Å². The topological polar surface area (TPSA) is 66.5 Å². The van der Waals surface area contributed by atoms with Crippen LogP contribution in [-0.2, 0) is 9.59 Å². The van der Waals surface area contributed by atoms with Crippen molar-refractivity contribution < 1.29 is 14.4 Å². The normalized spacial score (nSPS) is 31.0. The van der Waals surface area contributed by atoms with E-state index in [0.29, 0.717) is 5.56 Å². The summed E-state index contributed by atoms with van der Waals surface area (Å²) in [5.74, 6) is -1.10. The first-order valence-corrected chi connectivity index (χ1v) is 9.19. The lowest BCUT2D eigenvalue weighted by Gasteiger charge is -2.19. The lowest BCUT2D eigenvalue weighted by molar-refractivity contribution is -0.143. The van der Waals surface area contributed by atoms with Gasteiger partial charge in [-0.1, -0.05) is 11.1 Å². The molecule has 1 saturated heterocycles. The van der Waals surface area contributed by atoms with Gasteiger partial charge in [-0.15, -0.1) is 11.3 Å². The number of fused-ring (bicyclic) bond motifs is 5. The van der Waals surface area contributed by atoms with Crippen molar-refractivity contribution in [1.82, 2.24) is 10.4 Å². The summed E-state index contributed by atoms with van der Waals surface area (Å²) in [5, 5.41) is 2.72. The van der Waals surface area contributed by atoms with Crippen molar-refractivity contribution in [3.8, 4) is 0 Å². The highest BCUT2D eigenvalue weighted by atomic mass is 32.1. The first kappa shape index (κ1) is 15.6. The largest absolute Gasteiger partial charge is 0.272 e. The molecule has 3 amide bonds. The molecule has 0 radical (unpaired) electrons. The van der Waals surface area contributed by atoms with Crippen LogP contribution in [0.15, 0.2) is 22.6 Å². The van der Waals surface area contributed by atoms with Crippen LogP contribution in [0.3, 0.4) is 0 Å². The van der Waals surface area contributed by atoms with E-state index in [1.165, 1.54) is 22.5 Å². The van der Waals surface area contributed by atoms with E-state index < -0.39 is 5.91 Å². The van der Waals surface area contributed by atoms with Crippen molar-refractivity contribution in [3.05, 3.63) is 33.0 Å². The van der Waals surface area contributed by atoms with Gasteiger partial charge in [0, 0.05) is 10.3 Å². The molecule has 1 N–H and O–H groups in total. The number of carbonyl (C=O) groups is 3. The maximum atomic E-state index is 12.8. The molecule has 0 aromatic carbocycles. The van der Waals surface area contributed by atoms with Crippen LogP contribution >= 0.6 is 11.3 Å². The van der Waals surface area contributed by atoms with E-state index in [2.05, 4.69) is 19.3 Å². The Morgan fingerprint density at radius 3 is 2.21 bits per heavy atom. The van der Waals surface area contributed by atoms with Gasteiger partial charge in [-0.25, -0.2) is 0 Å². The molecule has 126 valence electrons. The van der Waals surface area contributed by atoms with E-state index in [9.17, 15) is 14.4 Å². The number of hydrogen-bond donors (Lipinski definition) is 1. The third-order valence-electron chi connectivity index (χ3n) is 5.64. The quantitative estimate of drug-likeness (QED) is 0.662. The minimum Gasteiger partial charge on any atom is -0.272 e. The van der Waals surface area contributed by atoms with Crippen LogP contribution < -0.4 is 5.43 Å². The van der Waals surface area contributed by atoms with Crippen LogP contribution in [0.25, 0.3) is 0 Å². The van der Waals surface area contributed by atoms with Crippen molar-refractivity contribution in [2.24, 2.45) is 23.7 Å². The van der Waals surface area contributed by atoms with E-state index in [0.717, 1.165) is 22.7 Å². The minimum absolute atomic E-state index is 0.173. The van der Waals surface area contributed by atoms with Crippen molar-refractivity contribution in [2.45, 2.75) is 33.6 Å². The van der Waals surface area contributed by atoms with Crippen molar-refractivity contribution >= 4 is 29.1 Å². The SMILES string of the molecule is CC(C)=C1[C@H]2CC[C@@H]1[C@H]1C(=O)N(NC(=O)c3csc(C)c3)C(=O)[C@H]12. The molecule has 5 nitrogen and oxygen atoms in total. The molecule has 2 bridgehead atoms. The Labute approximate surface area is 144 Å². The molecule has 6 heteroatoms. The van der Waals surface area contributed by atoms with Gasteiger partial charge in [0.1, 0.15) is 0 Å². The van der Waals surface area contributed by atoms with E-state index in [-0.39, 0.29) is 35.5 Å². The van der Waals surface area contributed by atoms with Crippen LogP contribution in [-0.4, -0.2) is 22.7 Å². The lowest BCUT2D eigenvalue weighted by Crippen LogP contribution is -2.47. The van der Waals surface area contributed by atoms with E-state index >= 15 is 0 Å². The van der Waals surface area contributed by atoms with Gasteiger partial charge in [0.25, 0.3) is 17.7 Å². The molecule has 2 aliphatic carbocycles. The van der Waals surface area contributed by atoms with Gasteiger partial charge in [0.2, 0.25) is 0 Å². The van der Waals surface area contributed by atoms with Gasteiger partial charge in [0.05, 0.1) is 17.4 Å². The maximum Gasteiger partial charge on any atom is 0.271 e. The molecule has 24 heavy (non-hydrogen) atoms. The smallest absolute Gasteiger partial charge is 0.271 e. The van der Waals surface area contributed by atoms with Gasteiger partial charge in [-0.2, -0.15) is 5.01 Å². The van der Waals surface area contributed by atoms with Gasteiger partial charge < -0.3 is 0 Å². The Kier molecular flexibility index (Phi) is 3.42. The number of allylic oxidation sites excluding steroid dienone is 2.